The Morgan fingerprint density at radius 1 is 0.600 bits per heavy atom. The van der Waals surface area contributed by atoms with Crippen LogP contribution in [-0.4, -0.2) is 51.4 Å². The van der Waals surface area contributed by atoms with Crippen LogP contribution in [0.1, 0.15) is 0 Å². The van der Waals surface area contributed by atoms with Gasteiger partial charge in [-0.15, -0.1) is 0 Å². The van der Waals surface area contributed by atoms with E-state index in [0.717, 1.165) is 0 Å². The Balaban J connectivity index is 5.26. The molecule has 0 fully saturated rings. The van der Waals surface area contributed by atoms with E-state index in [1.54, 1.807) is 0 Å². The van der Waals surface area contributed by atoms with Crippen LogP contribution >= 0.6 is 0 Å². The Labute approximate surface area is 110 Å². The molecule has 87 valence electrons. The van der Waals surface area contributed by atoms with Gasteiger partial charge in [0.1, 0.15) is 0 Å². The van der Waals surface area contributed by atoms with Gasteiger partial charge in [0, 0.05) is 0 Å². The zero-order chi connectivity index (χ0) is 12.7. The third-order valence-electron chi connectivity index (χ3n) is 2.50. The van der Waals surface area contributed by atoms with Gasteiger partial charge in [-0.2, -0.15) is 0 Å². The van der Waals surface area contributed by atoms with Crippen molar-refractivity contribution in [1.29, 1.82) is 0 Å². The summed E-state index contributed by atoms with van der Waals surface area (Å²) in [7, 11) is -2.50. The van der Waals surface area contributed by atoms with Gasteiger partial charge in [-0.3, -0.25) is 0 Å². The summed E-state index contributed by atoms with van der Waals surface area (Å²) in [6.07, 6.45) is 0. The normalized spacial score (nSPS) is 14.5. The van der Waals surface area contributed by atoms with Crippen molar-refractivity contribution in [2.75, 3.05) is 0 Å². The van der Waals surface area contributed by atoms with Crippen LogP contribution in [0.3, 0.4) is 0 Å². The zero-order valence-electron chi connectivity index (χ0n) is 12.0. The molecule has 0 unspecified atom stereocenters. The standard InChI is InChI=1S/C9H27GeSi5/c1-13(2,3)11(10)12(14(4,5)6)15(7,8)9/h1-9H3. The predicted octanol–water partition coefficient (Wildman–Crippen LogP) is 2.97. The summed E-state index contributed by atoms with van der Waals surface area (Å²) in [5.41, 5.74) is 0. The van der Waals surface area contributed by atoms with E-state index in [4.69, 9.17) is 0 Å². The van der Waals surface area contributed by atoms with E-state index in [1.165, 1.54) is 0 Å². The van der Waals surface area contributed by atoms with Crippen molar-refractivity contribution in [3.63, 3.8) is 0 Å². The Hall–Kier alpha value is 1.63. The van der Waals surface area contributed by atoms with Gasteiger partial charge < -0.3 is 0 Å². The molecule has 0 bridgehead atoms. The second kappa shape index (κ2) is 5.09. The molecule has 0 aromatic heterocycles. The van der Waals surface area contributed by atoms with E-state index >= 15 is 0 Å². The number of hydrogen-bond acceptors (Lipinski definition) is 0. The molecule has 0 amide bonds. The summed E-state index contributed by atoms with van der Waals surface area (Å²) >= 11 is 2.70. The van der Waals surface area contributed by atoms with Gasteiger partial charge in [-0.25, -0.2) is 0 Å². The van der Waals surface area contributed by atoms with E-state index in [0.29, 0.717) is 0 Å². The molecule has 0 atom stereocenters. The van der Waals surface area contributed by atoms with Crippen LogP contribution in [0.2, 0.25) is 58.9 Å². The Bertz CT molecular complexity index is 229. The van der Waals surface area contributed by atoms with Crippen LogP contribution in [0.15, 0.2) is 0 Å². The van der Waals surface area contributed by atoms with Crippen molar-refractivity contribution in [3.05, 3.63) is 0 Å². The minimum atomic E-state index is -0.851. The molecule has 6 heteroatoms. The second-order valence-electron chi connectivity index (χ2n) is 7.50. The molecule has 0 N–H and O–H groups in total. The topological polar surface area (TPSA) is 0 Å². The van der Waals surface area contributed by atoms with Crippen molar-refractivity contribution in [2.24, 2.45) is 0 Å². The third-order valence-corrected chi connectivity index (χ3v) is 95.8. The van der Waals surface area contributed by atoms with E-state index < -0.39 is 22.8 Å². The Morgan fingerprint density at radius 3 is 0.933 bits per heavy atom. The molecule has 0 aliphatic carbocycles. The molecule has 0 nitrogen and oxygen atoms in total. The molecular weight excluding hydrogens is 321 g/mol. The van der Waals surface area contributed by atoms with E-state index in [9.17, 15) is 0 Å². The van der Waals surface area contributed by atoms with Crippen LogP contribution < -0.4 is 0 Å². The molecule has 0 saturated carbocycles. The van der Waals surface area contributed by atoms with Gasteiger partial charge in [0.05, 0.1) is 0 Å². The van der Waals surface area contributed by atoms with Crippen molar-refractivity contribution in [3.8, 4) is 0 Å². The van der Waals surface area contributed by atoms with E-state index in [2.05, 4.69) is 74.3 Å². The number of hydrogen-bond donors (Lipinski definition) is 0. The Kier molecular flexibility index (Phi) is 5.64. The molecule has 0 aromatic rings. The zero-order valence-corrected chi connectivity index (χ0v) is 19.1. The van der Waals surface area contributed by atoms with E-state index in [-0.39, 0.29) is 13.2 Å². The Morgan fingerprint density at radius 2 is 0.867 bits per heavy atom. The maximum absolute atomic E-state index is 2.70. The summed E-state index contributed by atoms with van der Waals surface area (Å²) in [5.74, 6) is 0.00592. The first-order valence-corrected chi connectivity index (χ1v) is 26.4. The van der Waals surface area contributed by atoms with Gasteiger partial charge in [0.15, 0.2) is 0 Å². The monoisotopic (exact) mass is 349 g/mol. The summed E-state index contributed by atoms with van der Waals surface area (Å²) in [6.45, 7) is 23.7. The van der Waals surface area contributed by atoms with Crippen molar-refractivity contribution >= 4 is 51.4 Å². The first kappa shape index (κ1) is 16.6. The van der Waals surface area contributed by atoms with E-state index in [1.807, 2.05) is 0 Å². The predicted molar refractivity (Wildman–Crippen MR) is 87.3 cm³/mol. The second-order valence-corrected chi connectivity index (χ2v) is 58.9. The molecule has 0 spiro atoms. The molecule has 0 aliphatic heterocycles. The first-order chi connectivity index (χ1) is 6.28. The van der Waals surface area contributed by atoms with Gasteiger partial charge >= 0.3 is 110 Å². The number of rotatable bonds is 4. The molecule has 0 aromatic carbocycles. The van der Waals surface area contributed by atoms with Gasteiger partial charge in [0.2, 0.25) is 0 Å². The van der Waals surface area contributed by atoms with Gasteiger partial charge in [0.25, 0.3) is 0 Å². The molecule has 0 rings (SSSR count). The summed E-state index contributed by atoms with van der Waals surface area (Å²) in [4.78, 5) is 0. The average molecular weight is 348 g/mol. The van der Waals surface area contributed by atoms with Gasteiger partial charge in [-0.05, 0) is 0 Å². The molecule has 0 heterocycles. The fraction of sp³-hybridized carbons (Fsp3) is 1.00. The summed E-state index contributed by atoms with van der Waals surface area (Å²) in [5, 5.41) is 0. The first-order valence-electron chi connectivity index (χ1n) is 5.75. The van der Waals surface area contributed by atoms with Crippen LogP contribution in [0.5, 0.6) is 0 Å². The SMILES string of the molecule is C[Si](C)(C)[Si]([Si](=[Ge])[Si](C)(C)C)[Si](C)(C)C. The van der Waals surface area contributed by atoms with Crippen LogP contribution in [-0.2, 0) is 0 Å². The van der Waals surface area contributed by atoms with Gasteiger partial charge in [-0.1, -0.05) is 0 Å². The maximum atomic E-state index is 2.70. The van der Waals surface area contributed by atoms with Crippen LogP contribution in [0, 0.1) is 0 Å². The van der Waals surface area contributed by atoms with Crippen LogP contribution in [0.25, 0.3) is 0 Å². The summed E-state index contributed by atoms with van der Waals surface area (Å²) < 4.78 is 0. The van der Waals surface area contributed by atoms with Crippen molar-refractivity contribution in [2.45, 2.75) is 58.9 Å². The van der Waals surface area contributed by atoms with Crippen molar-refractivity contribution in [1.82, 2.24) is 0 Å². The summed E-state index contributed by atoms with van der Waals surface area (Å²) in [6, 6.07) is 0. The molecule has 15 heavy (non-hydrogen) atoms. The molecular formula is C9H27GeSi5. The molecule has 3 radical (unpaired) electrons. The third kappa shape index (κ3) is 5.20. The van der Waals surface area contributed by atoms with Crippen molar-refractivity contribution < 1.29 is 0 Å². The molecule has 0 aliphatic rings. The molecule has 0 saturated heterocycles. The van der Waals surface area contributed by atoms with Crippen LogP contribution in [0.4, 0.5) is 0 Å². The minimum absolute atomic E-state index is 0.00592. The fourth-order valence-electron chi connectivity index (χ4n) is 2.25. The quantitative estimate of drug-likeness (QED) is 0.686. The fourth-order valence-corrected chi connectivity index (χ4v) is 144. The average Bonchev–Trinajstić information content (AvgIpc) is 1.76.